The van der Waals surface area contributed by atoms with E-state index in [9.17, 15) is 4.79 Å². The van der Waals surface area contributed by atoms with Crippen LogP contribution in [0.3, 0.4) is 0 Å². The van der Waals surface area contributed by atoms with E-state index in [4.69, 9.17) is 21.4 Å². The molecular formula is C13H16ClNO3. The Bertz CT molecular complexity index is 418. The fourth-order valence-electron chi connectivity index (χ4n) is 2.23. The Morgan fingerprint density at radius 3 is 2.78 bits per heavy atom. The minimum Gasteiger partial charge on any atom is -0.481 e. The molecule has 1 fully saturated rings. The van der Waals surface area contributed by atoms with Crippen LogP contribution >= 0.6 is 11.6 Å². The fourth-order valence-corrected chi connectivity index (χ4v) is 2.42. The Hall–Kier alpha value is -1.10. The Morgan fingerprint density at radius 1 is 1.44 bits per heavy atom. The van der Waals surface area contributed by atoms with E-state index < -0.39 is 5.97 Å². The normalized spacial score (nSPS) is 18.5. The second-order valence-corrected chi connectivity index (χ2v) is 4.75. The molecule has 1 atom stereocenters. The molecule has 4 nitrogen and oxygen atoms in total. The number of nitrogens with zero attached hydrogens (tertiary/aromatic N) is 1. The smallest absolute Gasteiger partial charge is 0.305 e. The summed E-state index contributed by atoms with van der Waals surface area (Å²) in [7, 11) is 0. The van der Waals surface area contributed by atoms with Crippen molar-refractivity contribution in [2.45, 2.75) is 12.5 Å². The van der Waals surface area contributed by atoms with Crippen LogP contribution in [0.5, 0.6) is 0 Å². The average Bonchev–Trinajstić information content (AvgIpc) is 2.37. The van der Waals surface area contributed by atoms with Crippen LogP contribution in [-0.2, 0) is 9.53 Å². The number of morpholine rings is 1. The van der Waals surface area contributed by atoms with Crippen molar-refractivity contribution >= 4 is 17.6 Å². The number of ether oxygens (including phenoxy) is 1. The molecule has 1 aliphatic rings. The van der Waals surface area contributed by atoms with Crippen LogP contribution in [0.1, 0.15) is 18.0 Å². The molecule has 2 rings (SSSR count). The molecule has 0 spiro atoms. The minimum atomic E-state index is -0.800. The molecule has 1 N–H and O–H groups in total. The van der Waals surface area contributed by atoms with Gasteiger partial charge in [-0.05, 0) is 17.7 Å². The highest BCUT2D eigenvalue weighted by Gasteiger charge is 2.24. The zero-order chi connectivity index (χ0) is 13.0. The van der Waals surface area contributed by atoms with Gasteiger partial charge < -0.3 is 9.84 Å². The Balaban J connectivity index is 2.20. The quantitative estimate of drug-likeness (QED) is 0.910. The zero-order valence-electron chi connectivity index (χ0n) is 10.0. The first-order chi connectivity index (χ1) is 8.66. The average molecular weight is 270 g/mol. The van der Waals surface area contributed by atoms with Gasteiger partial charge in [-0.15, -0.1) is 0 Å². The lowest BCUT2D eigenvalue weighted by Gasteiger charge is -2.34. The Kier molecular flexibility index (Phi) is 4.58. The lowest BCUT2D eigenvalue weighted by molar-refractivity contribution is -0.139. The number of carbonyl (C=O) groups is 1. The standard InChI is InChI=1S/C13H16ClNO3/c14-11-3-1-2-10(8-11)12(9-13(16)17)15-4-6-18-7-5-15/h1-3,8,12H,4-7,9H2,(H,16,17). The molecule has 0 amide bonds. The van der Waals surface area contributed by atoms with Gasteiger partial charge >= 0.3 is 5.97 Å². The third-order valence-corrected chi connectivity index (χ3v) is 3.32. The number of hydrogen-bond donors (Lipinski definition) is 1. The van der Waals surface area contributed by atoms with E-state index >= 15 is 0 Å². The highest BCUT2D eigenvalue weighted by atomic mass is 35.5. The van der Waals surface area contributed by atoms with Gasteiger partial charge in [0.2, 0.25) is 0 Å². The molecule has 1 saturated heterocycles. The second-order valence-electron chi connectivity index (χ2n) is 4.32. The summed E-state index contributed by atoms with van der Waals surface area (Å²) in [5, 5.41) is 9.69. The van der Waals surface area contributed by atoms with Gasteiger partial charge in [-0.3, -0.25) is 9.69 Å². The number of rotatable bonds is 4. The molecule has 1 aliphatic heterocycles. The molecule has 0 aliphatic carbocycles. The summed E-state index contributed by atoms with van der Waals surface area (Å²) in [6.45, 7) is 2.81. The topological polar surface area (TPSA) is 49.8 Å². The van der Waals surface area contributed by atoms with E-state index in [1.54, 1.807) is 6.07 Å². The van der Waals surface area contributed by atoms with Crippen LogP contribution in [0, 0.1) is 0 Å². The van der Waals surface area contributed by atoms with Crippen molar-refractivity contribution in [3.8, 4) is 0 Å². The first-order valence-corrected chi connectivity index (χ1v) is 6.33. The van der Waals surface area contributed by atoms with Crippen molar-refractivity contribution < 1.29 is 14.6 Å². The van der Waals surface area contributed by atoms with Crippen molar-refractivity contribution in [3.05, 3.63) is 34.9 Å². The molecule has 1 aromatic rings. The van der Waals surface area contributed by atoms with Crippen molar-refractivity contribution in [2.24, 2.45) is 0 Å². The molecule has 0 aromatic heterocycles. The summed E-state index contributed by atoms with van der Waals surface area (Å²) in [6, 6.07) is 7.28. The van der Waals surface area contributed by atoms with Crippen LogP contribution in [0.15, 0.2) is 24.3 Å². The number of halogens is 1. The Labute approximate surface area is 111 Å². The SMILES string of the molecule is O=C(O)CC(c1cccc(Cl)c1)N1CCOCC1. The molecule has 0 radical (unpaired) electrons. The van der Waals surface area contributed by atoms with Crippen LogP contribution < -0.4 is 0 Å². The van der Waals surface area contributed by atoms with Crippen molar-refractivity contribution in [1.82, 2.24) is 4.90 Å². The van der Waals surface area contributed by atoms with E-state index in [1.807, 2.05) is 18.2 Å². The predicted molar refractivity (Wildman–Crippen MR) is 68.8 cm³/mol. The summed E-state index contributed by atoms with van der Waals surface area (Å²) >= 11 is 5.97. The van der Waals surface area contributed by atoms with Gasteiger partial charge in [0, 0.05) is 24.2 Å². The summed E-state index contributed by atoms with van der Waals surface area (Å²) in [5.41, 5.74) is 0.951. The van der Waals surface area contributed by atoms with Crippen molar-refractivity contribution in [2.75, 3.05) is 26.3 Å². The zero-order valence-corrected chi connectivity index (χ0v) is 10.8. The maximum absolute atomic E-state index is 11.0. The van der Waals surface area contributed by atoms with Gasteiger partial charge in [-0.1, -0.05) is 23.7 Å². The van der Waals surface area contributed by atoms with E-state index in [2.05, 4.69) is 4.90 Å². The summed E-state index contributed by atoms with van der Waals surface area (Å²) in [5.74, 6) is -0.800. The third kappa shape index (κ3) is 3.45. The number of hydrogen-bond acceptors (Lipinski definition) is 3. The van der Waals surface area contributed by atoms with Gasteiger partial charge in [0.15, 0.2) is 0 Å². The third-order valence-electron chi connectivity index (χ3n) is 3.09. The number of benzene rings is 1. The van der Waals surface area contributed by atoms with Crippen LogP contribution in [-0.4, -0.2) is 42.3 Å². The van der Waals surface area contributed by atoms with E-state index in [-0.39, 0.29) is 12.5 Å². The maximum Gasteiger partial charge on any atom is 0.305 e. The summed E-state index contributed by atoms with van der Waals surface area (Å²) in [6.07, 6.45) is 0.0837. The maximum atomic E-state index is 11.0. The molecule has 1 heterocycles. The molecule has 98 valence electrons. The van der Waals surface area contributed by atoms with Crippen molar-refractivity contribution in [1.29, 1.82) is 0 Å². The summed E-state index contributed by atoms with van der Waals surface area (Å²) in [4.78, 5) is 13.2. The summed E-state index contributed by atoms with van der Waals surface area (Å²) < 4.78 is 5.30. The number of carboxylic acids is 1. The second kappa shape index (κ2) is 6.18. The number of carboxylic acid groups (broad SMARTS) is 1. The van der Waals surface area contributed by atoms with Gasteiger partial charge in [0.25, 0.3) is 0 Å². The predicted octanol–water partition coefficient (Wildman–Crippen LogP) is 2.19. The van der Waals surface area contributed by atoms with E-state index in [0.717, 1.165) is 18.7 Å². The van der Waals surface area contributed by atoms with Gasteiger partial charge in [0.1, 0.15) is 0 Å². The molecule has 5 heteroatoms. The van der Waals surface area contributed by atoms with Gasteiger partial charge in [-0.2, -0.15) is 0 Å². The van der Waals surface area contributed by atoms with Gasteiger partial charge in [-0.25, -0.2) is 0 Å². The van der Waals surface area contributed by atoms with E-state index in [1.165, 1.54) is 0 Å². The molecule has 18 heavy (non-hydrogen) atoms. The van der Waals surface area contributed by atoms with E-state index in [0.29, 0.717) is 18.2 Å². The first-order valence-electron chi connectivity index (χ1n) is 5.96. The lowest BCUT2D eigenvalue weighted by Crippen LogP contribution is -2.39. The Morgan fingerprint density at radius 2 is 2.17 bits per heavy atom. The monoisotopic (exact) mass is 269 g/mol. The molecular weight excluding hydrogens is 254 g/mol. The lowest BCUT2D eigenvalue weighted by atomic mass is 10.0. The minimum absolute atomic E-state index is 0.0837. The molecule has 1 unspecified atom stereocenters. The molecule has 0 bridgehead atoms. The van der Waals surface area contributed by atoms with Crippen molar-refractivity contribution in [3.63, 3.8) is 0 Å². The highest BCUT2D eigenvalue weighted by molar-refractivity contribution is 6.30. The number of aliphatic carboxylic acids is 1. The van der Waals surface area contributed by atoms with Gasteiger partial charge in [0.05, 0.1) is 19.6 Å². The first kappa shape index (κ1) is 13.3. The molecule has 0 saturated carbocycles. The highest BCUT2D eigenvalue weighted by Crippen LogP contribution is 2.27. The van der Waals surface area contributed by atoms with Crippen LogP contribution in [0.4, 0.5) is 0 Å². The van der Waals surface area contributed by atoms with Crippen LogP contribution in [0.2, 0.25) is 5.02 Å². The van der Waals surface area contributed by atoms with Crippen LogP contribution in [0.25, 0.3) is 0 Å². The fraction of sp³-hybridized carbons (Fsp3) is 0.462. The molecule has 1 aromatic carbocycles. The largest absolute Gasteiger partial charge is 0.481 e.